The molecule has 108 valence electrons. The van der Waals surface area contributed by atoms with Gasteiger partial charge in [0.1, 0.15) is 18.5 Å². The Kier molecular flexibility index (Phi) is 7.43. The van der Waals surface area contributed by atoms with Crippen LogP contribution in [0.4, 0.5) is 0 Å². The highest BCUT2D eigenvalue weighted by Gasteiger charge is 2.20. The molecule has 1 rings (SSSR count). The van der Waals surface area contributed by atoms with Crippen LogP contribution in [0.1, 0.15) is 25.0 Å². The van der Waals surface area contributed by atoms with Gasteiger partial charge in [0, 0.05) is 13.2 Å². The van der Waals surface area contributed by atoms with Gasteiger partial charge in [0.05, 0.1) is 12.7 Å². The van der Waals surface area contributed by atoms with Crippen molar-refractivity contribution in [1.82, 2.24) is 0 Å². The summed E-state index contributed by atoms with van der Waals surface area (Å²) < 4.78 is 10.7. The molecule has 0 fully saturated rings. The minimum absolute atomic E-state index is 0.0284. The van der Waals surface area contributed by atoms with Gasteiger partial charge in [0.2, 0.25) is 0 Å². The second-order valence-corrected chi connectivity index (χ2v) is 4.09. The summed E-state index contributed by atoms with van der Waals surface area (Å²) in [5.74, 6) is 0.639. The van der Waals surface area contributed by atoms with E-state index in [2.05, 4.69) is 0 Å². The Morgan fingerprint density at radius 3 is 2.32 bits per heavy atom. The summed E-state index contributed by atoms with van der Waals surface area (Å²) in [6.45, 7) is 2.52. The van der Waals surface area contributed by atoms with E-state index >= 15 is 0 Å². The Labute approximate surface area is 113 Å². The lowest BCUT2D eigenvalue weighted by molar-refractivity contribution is -0.0448. The number of aliphatic hydroxyl groups is 3. The zero-order valence-electron chi connectivity index (χ0n) is 11.2. The molecule has 2 atom stereocenters. The van der Waals surface area contributed by atoms with Gasteiger partial charge >= 0.3 is 0 Å². The van der Waals surface area contributed by atoms with Crippen molar-refractivity contribution in [3.05, 3.63) is 29.8 Å². The molecule has 5 nitrogen and oxygen atoms in total. The number of aliphatic hydroxyl groups excluding tert-OH is 3. The van der Waals surface area contributed by atoms with Gasteiger partial charge in [0.15, 0.2) is 0 Å². The molecule has 0 aliphatic rings. The highest BCUT2D eigenvalue weighted by atomic mass is 16.5. The number of ether oxygens (including phenoxy) is 2. The van der Waals surface area contributed by atoms with Crippen LogP contribution in [-0.2, 0) is 4.74 Å². The number of hydrogen-bond donors (Lipinski definition) is 3. The highest BCUT2D eigenvalue weighted by Crippen LogP contribution is 2.23. The zero-order chi connectivity index (χ0) is 14.1. The average Bonchev–Trinajstić information content (AvgIpc) is 2.44. The largest absolute Gasteiger partial charge is 0.491 e. The number of rotatable bonds is 9. The fraction of sp³-hybridized carbons (Fsp3) is 0.571. The molecule has 0 spiro atoms. The maximum Gasteiger partial charge on any atom is 0.119 e. The maximum absolute atomic E-state index is 10.2. The first-order chi connectivity index (χ1) is 9.22. The topological polar surface area (TPSA) is 79.2 Å². The summed E-state index contributed by atoms with van der Waals surface area (Å²) in [6, 6.07) is 6.97. The zero-order valence-corrected chi connectivity index (χ0v) is 11.2. The summed E-state index contributed by atoms with van der Waals surface area (Å²) in [4.78, 5) is 0. The summed E-state index contributed by atoms with van der Waals surface area (Å²) in [7, 11) is 0. The molecule has 0 bridgehead atoms. The summed E-state index contributed by atoms with van der Waals surface area (Å²) in [5, 5.41) is 27.8. The standard InChI is InChI=1S/C14H22O5/c1-2-18-13(7-8-15)14(17)11-3-5-12(6-4-11)19-10-9-16/h3-6,13-17H,2,7-10H2,1H3/t13-,14-/m1/s1. The molecule has 0 radical (unpaired) electrons. The Balaban J connectivity index is 2.66. The predicted molar refractivity (Wildman–Crippen MR) is 71.1 cm³/mol. The first-order valence-electron chi connectivity index (χ1n) is 6.47. The smallest absolute Gasteiger partial charge is 0.119 e. The molecule has 0 unspecified atom stereocenters. The molecule has 0 heterocycles. The van der Waals surface area contributed by atoms with E-state index < -0.39 is 12.2 Å². The second-order valence-electron chi connectivity index (χ2n) is 4.09. The van der Waals surface area contributed by atoms with Gasteiger partial charge in [0.25, 0.3) is 0 Å². The van der Waals surface area contributed by atoms with Crippen LogP contribution in [0.5, 0.6) is 5.75 Å². The van der Waals surface area contributed by atoms with Crippen LogP contribution >= 0.6 is 0 Å². The lowest BCUT2D eigenvalue weighted by Crippen LogP contribution is -2.23. The Bertz CT molecular complexity index is 332. The van der Waals surface area contributed by atoms with Gasteiger partial charge in [-0.05, 0) is 31.0 Å². The van der Waals surface area contributed by atoms with E-state index in [1.807, 2.05) is 6.92 Å². The van der Waals surface area contributed by atoms with Crippen molar-refractivity contribution in [2.45, 2.75) is 25.6 Å². The first-order valence-corrected chi connectivity index (χ1v) is 6.47. The quantitative estimate of drug-likeness (QED) is 0.621. The van der Waals surface area contributed by atoms with E-state index in [-0.39, 0.29) is 19.8 Å². The molecule has 0 aromatic heterocycles. The molecule has 1 aromatic carbocycles. The van der Waals surface area contributed by atoms with Gasteiger partial charge in [-0.2, -0.15) is 0 Å². The van der Waals surface area contributed by atoms with Gasteiger partial charge in [-0.1, -0.05) is 12.1 Å². The van der Waals surface area contributed by atoms with E-state index in [0.717, 1.165) is 0 Å². The minimum atomic E-state index is -0.779. The number of hydrogen-bond acceptors (Lipinski definition) is 5. The monoisotopic (exact) mass is 270 g/mol. The SMILES string of the molecule is CCO[C@H](CCO)[C@H](O)c1ccc(OCCO)cc1. The van der Waals surface area contributed by atoms with E-state index in [1.54, 1.807) is 24.3 Å². The van der Waals surface area contributed by atoms with Crippen molar-refractivity contribution in [3.63, 3.8) is 0 Å². The van der Waals surface area contributed by atoms with Crippen molar-refractivity contribution in [1.29, 1.82) is 0 Å². The van der Waals surface area contributed by atoms with Crippen molar-refractivity contribution in [2.75, 3.05) is 26.4 Å². The molecule has 0 aliphatic carbocycles. The minimum Gasteiger partial charge on any atom is -0.491 e. The van der Waals surface area contributed by atoms with E-state index in [1.165, 1.54) is 0 Å². The van der Waals surface area contributed by atoms with Crippen LogP contribution < -0.4 is 4.74 Å². The summed E-state index contributed by atoms with van der Waals surface area (Å²) in [5.41, 5.74) is 0.711. The van der Waals surface area contributed by atoms with Crippen LogP contribution in [-0.4, -0.2) is 47.9 Å². The molecular weight excluding hydrogens is 248 g/mol. The Hall–Kier alpha value is -1.14. The fourth-order valence-corrected chi connectivity index (χ4v) is 1.81. The van der Waals surface area contributed by atoms with Crippen LogP contribution in [0.2, 0.25) is 0 Å². The third-order valence-corrected chi connectivity index (χ3v) is 2.73. The van der Waals surface area contributed by atoms with Gasteiger partial charge in [-0.15, -0.1) is 0 Å². The molecular formula is C14H22O5. The normalized spacial score (nSPS) is 14.1. The van der Waals surface area contributed by atoms with Crippen LogP contribution in [0.25, 0.3) is 0 Å². The first kappa shape index (κ1) is 15.9. The third kappa shape index (κ3) is 5.16. The van der Waals surface area contributed by atoms with Crippen molar-refractivity contribution >= 4 is 0 Å². The van der Waals surface area contributed by atoms with Crippen molar-refractivity contribution in [2.24, 2.45) is 0 Å². The van der Waals surface area contributed by atoms with Crippen LogP contribution in [0.15, 0.2) is 24.3 Å². The molecule has 0 amide bonds. The maximum atomic E-state index is 10.2. The van der Waals surface area contributed by atoms with Gasteiger partial charge < -0.3 is 24.8 Å². The van der Waals surface area contributed by atoms with Crippen LogP contribution in [0, 0.1) is 0 Å². The average molecular weight is 270 g/mol. The Morgan fingerprint density at radius 2 is 1.79 bits per heavy atom. The molecule has 1 aromatic rings. The molecule has 0 aliphatic heterocycles. The van der Waals surface area contributed by atoms with Crippen molar-refractivity contribution in [3.8, 4) is 5.75 Å². The van der Waals surface area contributed by atoms with Gasteiger partial charge in [-0.3, -0.25) is 0 Å². The molecule has 0 saturated heterocycles. The molecule has 5 heteroatoms. The lowest BCUT2D eigenvalue weighted by Gasteiger charge is -2.22. The predicted octanol–water partition coefficient (Wildman–Crippen LogP) is 0.879. The third-order valence-electron chi connectivity index (χ3n) is 2.73. The molecule has 3 N–H and O–H groups in total. The van der Waals surface area contributed by atoms with Crippen molar-refractivity contribution < 1.29 is 24.8 Å². The molecule has 19 heavy (non-hydrogen) atoms. The fourth-order valence-electron chi connectivity index (χ4n) is 1.81. The van der Waals surface area contributed by atoms with E-state index in [4.69, 9.17) is 19.7 Å². The van der Waals surface area contributed by atoms with Gasteiger partial charge in [-0.25, -0.2) is 0 Å². The number of benzene rings is 1. The molecule has 0 saturated carbocycles. The van der Waals surface area contributed by atoms with E-state index in [9.17, 15) is 5.11 Å². The van der Waals surface area contributed by atoms with E-state index in [0.29, 0.717) is 24.3 Å². The highest BCUT2D eigenvalue weighted by molar-refractivity contribution is 5.29. The van der Waals surface area contributed by atoms with Crippen LogP contribution in [0.3, 0.4) is 0 Å². The Morgan fingerprint density at radius 1 is 1.11 bits per heavy atom. The second kappa shape index (κ2) is 8.87. The summed E-state index contributed by atoms with van der Waals surface area (Å²) >= 11 is 0. The summed E-state index contributed by atoms with van der Waals surface area (Å²) in [6.07, 6.45) is -0.809. The lowest BCUT2D eigenvalue weighted by atomic mass is 10.0.